The lowest BCUT2D eigenvalue weighted by atomic mass is 9.95. The van der Waals surface area contributed by atoms with Crippen molar-refractivity contribution in [3.63, 3.8) is 0 Å². The molecule has 3 amide bonds. The van der Waals surface area contributed by atoms with Crippen LogP contribution in [0.15, 0.2) is 42.5 Å². The van der Waals surface area contributed by atoms with Crippen molar-refractivity contribution in [2.75, 3.05) is 11.9 Å². The van der Waals surface area contributed by atoms with Gasteiger partial charge in [-0.2, -0.15) is 0 Å². The molecule has 7 nitrogen and oxygen atoms in total. The summed E-state index contributed by atoms with van der Waals surface area (Å²) in [6.07, 6.45) is 3.12. The lowest BCUT2D eigenvalue weighted by molar-refractivity contribution is -0.141. The lowest BCUT2D eigenvalue weighted by Gasteiger charge is -2.36. The zero-order valence-corrected chi connectivity index (χ0v) is 25.9. The number of benzene rings is 2. The Hall–Kier alpha value is -3.35. The molecule has 2 rings (SSSR count). The minimum Gasteiger partial charge on any atom is -0.444 e. The average molecular weight is 552 g/mol. The van der Waals surface area contributed by atoms with Crippen LogP contribution >= 0.6 is 0 Å². The Morgan fingerprint density at radius 2 is 1.48 bits per heavy atom. The van der Waals surface area contributed by atoms with Gasteiger partial charge in [0, 0.05) is 12.2 Å². The summed E-state index contributed by atoms with van der Waals surface area (Å²) in [6, 6.07) is 11.8. The number of hydrogen-bond acceptors (Lipinski definition) is 4. The summed E-state index contributed by atoms with van der Waals surface area (Å²) in [5.74, 6) is -0.810. The number of nitrogens with one attached hydrogen (secondary N) is 2. The molecule has 0 radical (unpaired) electrons. The van der Waals surface area contributed by atoms with E-state index in [0.29, 0.717) is 6.54 Å². The van der Waals surface area contributed by atoms with E-state index in [9.17, 15) is 14.4 Å². The van der Waals surface area contributed by atoms with E-state index in [1.807, 2.05) is 77.1 Å². The highest BCUT2D eigenvalue weighted by Crippen LogP contribution is 2.30. The summed E-state index contributed by atoms with van der Waals surface area (Å²) in [6.45, 7) is 17.5. The van der Waals surface area contributed by atoms with Gasteiger partial charge in [-0.1, -0.05) is 82.5 Å². The average Bonchev–Trinajstić information content (AvgIpc) is 2.86. The topological polar surface area (TPSA) is 87.7 Å². The van der Waals surface area contributed by atoms with Gasteiger partial charge in [0.05, 0.1) is 0 Å². The summed E-state index contributed by atoms with van der Waals surface area (Å²) < 4.78 is 5.48. The van der Waals surface area contributed by atoms with Crippen molar-refractivity contribution in [3.8, 4) is 0 Å². The molecule has 0 spiro atoms. The van der Waals surface area contributed by atoms with Crippen molar-refractivity contribution in [1.29, 1.82) is 0 Å². The van der Waals surface area contributed by atoms with E-state index in [1.165, 1.54) is 0 Å². The molecule has 0 aliphatic carbocycles. The van der Waals surface area contributed by atoms with Crippen LogP contribution in [-0.4, -0.2) is 41.0 Å². The quantitative estimate of drug-likeness (QED) is 0.272. The first kappa shape index (κ1) is 32.9. The number of anilines is 1. The molecule has 7 heteroatoms. The van der Waals surface area contributed by atoms with Crippen LogP contribution in [0.25, 0.3) is 0 Å². The standard InChI is InChI=1S/C33H49N3O4/c1-10-11-12-15-21-36(31(38)27(22(2)3)35-32(39)40-33(7,8)9)29(26-20-14-13-17-23(26)4)30(37)34-28-24(5)18-16-19-25(28)6/h13-14,16-20,22,27,29H,10-12,15,21H2,1-9H3,(H,34,37)(H,35,39). The van der Waals surface area contributed by atoms with Crippen LogP contribution in [-0.2, 0) is 14.3 Å². The molecule has 0 aromatic heterocycles. The molecular formula is C33H49N3O4. The van der Waals surface area contributed by atoms with Crippen molar-refractivity contribution in [1.82, 2.24) is 10.2 Å². The molecule has 2 aromatic carbocycles. The van der Waals surface area contributed by atoms with Gasteiger partial charge >= 0.3 is 6.09 Å². The maximum absolute atomic E-state index is 14.3. The molecule has 0 saturated heterocycles. The number of aryl methyl sites for hydroxylation is 3. The molecule has 0 bridgehead atoms. The maximum atomic E-state index is 14.3. The fraction of sp³-hybridized carbons (Fsp3) is 0.545. The third kappa shape index (κ3) is 9.39. The van der Waals surface area contributed by atoms with Crippen LogP contribution in [0.5, 0.6) is 0 Å². The molecule has 2 atom stereocenters. The van der Waals surface area contributed by atoms with Gasteiger partial charge in [0.1, 0.15) is 17.7 Å². The SMILES string of the molecule is CCCCCCN(C(=O)C(NC(=O)OC(C)(C)C)C(C)C)C(C(=O)Nc1c(C)cccc1C)c1ccccc1C. The summed E-state index contributed by atoms with van der Waals surface area (Å²) >= 11 is 0. The van der Waals surface area contributed by atoms with Gasteiger partial charge in [0.25, 0.3) is 5.91 Å². The summed E-state index contributed by atoms with van der Waals surface area (Å²) in [5, 5.41) is 5.93. The first-order valence-corrected chi connectivity index (χ1v) is 14.5. The fourth-order valence-electron chi connectivity index (χ4n) is 4.75. The first-order valence-electron chi connectivity index (χ1n) is 14.5. The Balaban J connectivity index is 2.58. The highest BCUT2D eigenvalue weighted by molar-refractivity contribution is 6.00. The predicted molar refractivity (Wildman–Crippen MR) is 162 cm³/mol. The first-order chi connectivity index (χ1) is 18.8. The van der Waals surface area contributed by atoms with E-state index in [0.717, 1.165) is 53.6 Å². The van der Waals surface area contributed by atoms with Crippen LogP contribution in [0.2, 0.25) is 0 Å². The van der Waals surface area contributed by atoms with Crippen LogP contribution in [0.1, 0.15) is 95.5 Å². The highest BCUT2D eigenvalue weighted by atomic mass is 16.6. The Labute approximate surface area is 241 Å². The number of nitrogens with zero attached hydrogens (tertiary/aromatic N) is 1. The van der Waals surface area contributed by atoms with Crippen molar-refractivity contribution in [3.05, 3.63) is 64.7 Å². The smallest absolute Gasteiger partial charge is 0.408 e. The van der Waals surface area contributed by atoms with E-state index in [1.54, 1.807) is 25.7 Å². The van der Waals surface area contributed by atoms with Gasteiger partial charge in [0.2, 0.25) is 5.91 Å². The van der Waals surface area contributed by atoms with Gasteiger partial charge in [0.15, 0.2) is 0 Å². The van der Waals surface area contributed by atoms with Gasteiger partial charge in [-0.15, -0.1) is 0 Å². The van der Waals surface area contributed by atoms with Gasteiger partial charge in [-0.25, -0.2) is 4.79 Å². The Morgan fingerprint density at radius 1 is 0.875 bits per heavy atom. The normalized spacial score (nSPS) is 12.9. The predicted octanol–water partition coefficient (Wildman–Crippen LogP) is 7.25. The lowest BCUT2D eigenvalue weighted by Crippen LogP contribution is -2.54. The third-order valence-corrected chi connectivity index (χ3v) is 6.91. The third-order valence-electron chi connectivity index (χ3n) is 6.91. The second-order valence-corrected chi connectivity index (χ2v) is 12.0. The van der Waals surface area contributed by atoms with Crippen LogP contribution in [0, 0.1) is 26.7 Å². The molecular weight excluding hydrogens is 502 g/mol. The molecule has 0 aliphatic rings. The number of carbonyl (C=O) groups is 3. The molecule has 40 heavy (non-hydrogen) atoms. The zero-order chi connectivity index (χ0) is 30.0. The van der Waals surface area contributed by atoms with E-state index < -0.39 is 23.8 Å². The maximum Gasteiger partial charge on any atom is 0.408 e. The Kier molecular flexibility index (Phi) is 12.2. The molecule has 2 aromatic rings. The number of rotatable bonds is 12. The van der Waals surface area contributed by atoms with Crippen molar-refractivity contribution >= 4 is 23.6 Å². The van der Waals surface area contributed by atoms with Crippen LogP contribution in [0.4, 0.5) is 10.5 Å². The molecule has 0 heterocycles. The molecule has 2 unspecified atom stereocenters. The fourth-order valence-corrected chi connectivity index (χ4v) is 4.75. The van der Waals surface area contributed by atoms with E-state index >= 15 is 0 Å². The number of amides is 3. The second-order valence-electron chi connectivity index (χ2n) is 12.0. The van der Waals surface area contributed by atoms with Crippen molar-refractivity contribution in [2.45, 2.75) is 106 Å². The Bertz CT molecular complexity index is 1130. The number of para-hydroxylation sites is 1. The largest absolute Gasteiger partial charge is 0.444 e. The monoisotopic (exact) mass is 551 g/mol. The molecule has 0 aliphatic heterocycles. The van der Waals surface area contributed by atoms with E-state index in [4.69, 9.17) is 4.74 Å². The molecule has 0 fully saturated rings. The summed E-state index contributed by atoms with van der Waals surface area (Å²) in [4.78, 5) is 42.9. The van der Waals surface area contributed by atoms with Crippen molar-refractivity contribution in [2.24, 2.45) is 5.92 Å². The number of alkyl carbamates (subject to hydrolysis) is 1. The van der Waals surface area contributed by atoms with Crippen molar-refractivity contribution < 1.29 is 19.1 Å². The summed E-state index contributed by atoms with van der Waals surface area (Å²) in [7, 11) is 0. The molecule has 0 saturated carbocycles. The van der Waals surface area contributed by atoms with Gasteiger partial charge < -0.3 is 20.3 Å². The second kappa shape index (κ2) is 14.9. The minimum atomic E-state index is -0.879. The Morgan fingerprint density at radius 3 is 2.02 bits per heavy atom. The summed E-state index contributed by atoms with van der Waals surface area (Å²) in [5.41, 5.74) is 3.61. The van der Waals surface area contributed by atoms with Gasteiger partial charge in [-0.05, 0) is 76.1 Å². The molecule has 2 N–H and O–H groups in total. The van der Waals surface area contributed by atoms with E-state index in [-0.39, 0.29) is 17.7 Å². The number of carbonyl (C=O) groups excluding carboxylic acids is 3. The highest BCUT2D eigenvalue weighted by Gasteiger charge is 2.38. The van der Waals surface area contributed by atoms with Crippen LogP contribution in [0.3, 0.4) is 0 Å². The minimum absolute atomic E-state index is 0.225. The number of unbranched alkanes of at least 4 members (excludes halogenated alkanes) is 3. The van der Waals surface area contributed by atoms with Gasteiger partial charge in [-0.3, -0.25) is 9.59 Å². The van der Waals surface area contributed by atoms with Crippen LogP contribution < -0.4 is 10.6 Å². The van der Waals surface area contributed by atoms with E-state index in [2.05, 4.69) is 17.6 Å². The zero-order valence-electron chi connectivity index (χ0n) is 25.9. The number of hydrogen-bond donors (Lipinski definition) is 2. The molecule has 220 valence electrons. The number of ether oxygens (including phenoxy) is 1.